The van der Waals surface area contributed by atoms with Crippen LogP contribution in [0.2, 0.25) is 5.02 Å². The Labute approximate surface area is 111 Å². The van der Waals surface area contributed by atoms with Gasteiger partial charge in [0, 0.05) is 16.0 Å². The van der Waals surface area contributed by atoms with Gasteiger partial charge in [-0.15, -0.1) is 0 Å². The molecule has 0 aliphatic carbocycles. The SMILES string of the molecule is O=S1(=O)C=C(c2ccccc2Cl)S(=O)(=O)CCC1. The van der Waals surface area contributed by atoms with Crippen molar-refractivity contribution in [1.82, 2.24) is 0 Å². The van der Waals surface area contributed by atoms with Crippen LogP contribution in [0, 0.1) is 0 Å². The highest BCUT2D eigenvalue weighted by Gasteiger charge is 2.28. The minimum Gasteiger partial charge on any atom is -0.224 e. The number of hydrogen-bond donors (Lipinski definition) is 0. The molecule has 1 aromatic rings. The third-order valence-corrected chi connectivity index (χ3v) is 6.37. The lowest BCUT2D eigenvalue weighted by Gasteiger charge is -2.07. The van der Waals surface area contributed by atoms with Gasteiger partial charge in [-0.25, -0.2) is 16.8 Å². The molecule has 0 unspecified atom stereocenters. The zero-order valence-electron chi connectivity index (χ0n) is 9.34. The largest absolute Gasteiger partial charge is 0.224 e. The summed E-state index contributed by atoms with van der Waals surface area (Å²) in [5.74, 6) is -0.330. The molecule has 0 amide bonds. The van der Waals surface area contributed by atoms with Crippen molar-refractivity contribution in [2.45, 2.75) is 6.42 Å². The van der Waals surface area contributed by atoms with E-state index in [1.807, 2.05) is 0 Å². The molecule has 0 bridgehead atoms. The average molecular weight is 307 g/mol. The minimum absolute atomic E-state index is 0.106. The molecule has 0 saturated heterocycles. The molecule has 0 N–H and O–H groups in total. The molecule has 1 aromatic carbocycles. The van der Waals surface area contributed by atoms with Gasteiger partial charge in [0.05, 0.1) is 16.4 Å². The molecular formula is C11H11ClO4S2. The predicted molar refractivity (Wildman–Crippen MR) is 71.6 cm³/mol. The van der Waals surface area contributed by atoms with Gasteiger partial charge in [0.2, 0.25) is 0 Å². The van der Waals surface area contributed by atoms with Crippen LogP contribution >= 0.6 is 11.6 Å². The monoisotopic (exact) mass is 306 g/mol. The van der Waals surface area contributed by atoms with E-state index in [1.54, 1.807) is 12.1 Å². The number of rotatable bonds is 1. The predicted octanol–water partition coefficient (Wildman–Crippen LogP) is 1.87. The second-order valence-corrected chi connectivity index (χ2v) is 8.46. The lowest BCUT2D eigenvalue weighted by Crippen LogP contribution is -2.07. The van der Waals surface area contributed by atoms with E-state index in [2.05, 4.69) is 0 Å². The van der Waals surface area contributed by atoms with Gasteiger partial charge in [-0.1, -0.05) is 29.8 Å². The molecule has 98 valence electrons. The summed E-state index contributed by atoms with van der Waals surface area (Å²) in [5.41, 5.74) is 0.240. The van der Waals surface area contributed by atoms with Crippen LogP contribution in [0.15, 0.2) is 29.7 Å². The molecule has 0 atom stereocenters. The third kappa shape index (κ3) is 2.76. The van der Waals surface area contributed by atoms with E-state index in [-0.39, 0.29) is 33.4 Å². The van der Waals surface area contributed by atoms with Gasteiger partial charge in [-0.3, -0.25) is 0 Å². The zero-order chi connectivity index (χ0) is 13.4. The highest BCUT2D eigenvalue weighted by molar-refractivity contribution is 8.03. The molecule has 2 rings (SSSR count). The van der Waals surface area contributed by atoms with Crippen LogP contribution in [-0.4, -0.2) is 28.3 Å². The summed E-state index contributed by atoms with van der Waals surface area (Å²) in [6.45, 7) is 0. The summed E-state index contributed by atoms with van der Waals surface area (Å²) in [5, 5.41) is 1.06. The average Bonchev–Trinajstić information content (AvgIpc) is 2.36. The first-order chi connectivity index (χ1) is 8.32. The van der Waals surface area contributed by atoms with Crippen LogP contribution < -0.4 is 0 Å². The molecule has 0 aromatic heterocycles. The van der Waals surface area contributed by atoms with E-state index in [9.17, 15) is 16.8 Å². The van der Waals surface area contributed by atoms with Crippen LogP contribution in [-0.2, 0) is 19.7 Å². The normalized spacial score (nSPS) is 21.9. The summed E-state index contributed by atoms with van der Waals surface area (Å²) < 4.78 is 47.4. The molecule has 0 saturated carbocycles. The van der Waals surface area contributed by atoms with Crippen LogP contribution in [0.4, 0.5) is 0 Å². The molecule has 7 heteroatoms. The fourth-order valence-corrected chi connectivity index (χ4v) is 5.63. The third-order valence-electron chi connectivity index (χ3n) is 2.60. The van der Waals surface area contributed by atoms with Crippen molar-refractivity contribution in [2.75, 3.05) is 11.5 Å². The molecule has 4 nitrogen and oxygen atoms in total. The fourth-order valence-electron chi connectivity index (χ4n) is 1.75. The van der Waals surface area contributed by atoms with Crippen molar-refractivity contribution in [3.63, 3.8) is 0 Å². The molecule has 0 fully saturated rings. The van der Waals surface area contributed by atoms with E-state index in [0.717, 1.165) is 5.41 Å². The Morgan fingerprint density at radius 2 is 1.67 bits per heavy atom. The lowest BCUT2D eigenvalue weighted by molar-refractivity contribution is 0.602. The molecular weight excluding hydrogens is 296 g/mol. The molecule has 0 radical (unpaired) electrons. The Morgan fingerprint density at radius 3 is 2.33 bits per heavy atom. The van der Waals surface area contributed by atoms with E-state index < -0.39 is 19.7 Å². The smallest absolute Gasteiger partial charge is 0.179 e. The second-order valence-electron chi connectivity index (χ2n) is 4.00. The van der Waals surface area contributed by atoms with Crippen molar-refractivity contribution < 1.29 is 16.8 Å². The molecule has 1 heterocycles. The van der Waals surface area contributed by atoms with Gasteiger partial charge in [0.25, 0.3) is 0 Å². The number of hydrogen-bond acceptors (Lipinski definition) is 4. The van der Waals surface area contributed by atoms with Gasteiger partial charge >= 0.3 is 0 Å². The zero-order valence-corrected chi connectivity index (χ0v) is 11.7. The topological polar surface area (TPSA) is 68.3 Å². The van der Waals surface area contributed by atoms with Gasteiger partial charge in [0.1, 0.15) is 0 Å². The Balaban J connectivity index is 2.72. The second kappa shape index (κ2) is 4.68. The van der Waals surface area contributed by atoms with Gasteiger partial charge in [0.15, 0.2) is 19.7 Å². The first kappa shape index (κ1) is 13.6. The minimum atomic E-state index is -3.61. The maximum absolute atomic E-state index is 12.1. The first-order valence-corrected chi connectivity index (χ1v) is 8.98. The van der Waals surface area contributed by atoms with E-state index in [1.165, 1.54) is 12.1 Å². The molecule has 0 spiro atoms. The molecule has 1 aliphatic rings. The maximum atomic E-state index is 12.1. The highest BCUT2D eigenvalue weighted by Crippen LogP contribution is 2.31. The van der Waals surface area contributed by atoms with Crippen molar-refractivity contribution in [3.05, 3.63) is 40.3 Å². The van der Waals surface area contributed by atoms with Gasteiger partial charge < -0.3 is 0 Å². The summed E-state index contributed by atoms with van der Waals surface area (Å²) in [7, 11) is -7.11. The van der Waals surface area contributed by atoms with Crippen molar-refractivity contribution in [2.24, 2.45) is 0 Å². The van der Waals surface area contributed by atoms with Crippen molar-refractivity contribution in [1.29, 1.82) is 0 Å². The van der Waals surface area contributed by atoms with E-state index in [0.29, 0.717) is 0 Å². The number of halogens is 1. The standard InChI is InChI=1S/C11H11ClO4S2/c12-10-5-2-1-4-9(10)11-8-17(13,14)6-3-7-18(11,15)16/h1-2,4-5,8H,3,6-7H2. The van der Waals surface area contributed by atoms with Crippen molar-refractivity contribution in [3.8, 4) is 0 Å². The summed E-state index contributed by atoms with van der Waals surface area (Å²) in [4.78, 5) is -0.203. The Bertz CT molecular complexity index is 702. The quantitative estimate of drug-likeness (QED) is 0.794. The van der Waals surface area contributed by atoms with E-state index >= 15 is 0 Å². The van der Waals surface area contributed by atoms with E-state index in [4.69, 9.17) is 11.6 Å². The lowest BCUT2D eigenvalue weighted by atomic mass is 10.2. The van der Waals surface area contributed by atoms with Crippen LogP contribution in [0.3, 0.4) is 0 Å². The summed E-state index contributed by atoms with van der Waals surface area (Å²) in [6, 6.07) is 6.32. The number of sulfone groups is 2. The number of benzene rings is 1. The van der Waals surface area contributed by atoms with Gasteiger partial charge in [-0.2, -0.15) is 0 Å². The highest BCUT2D eigenvalue weighted by atomic mass is 35.5. The van der Waals surface area contributed by atoms with Gasteiger partial charge in [-0.05, 0) is 12.5 Å². The molecule has 18 heavy (non-hydrogen) atoms. The van der Waals surface area contributed by atoms with Crippen LogP contribution in [0.5, 0.6) is 0 Å². The van der Waals surface area contributed by atoms with Crippen LogP contribution in [0.1, 0.15) is 12.0 Å². The Morgan fingerprint density at radius 1 is 1.00 bits per heavy atom. The fraction of sp³-hybridized carbons (Fsp3) is 0.273. The summed E-state index contributed by atoms with van der Waals surface area (Å²) >= 11 is 5.93. The Kier molecular flexibility index (Phi) is 3.53. The van der Waals surface area contributed by atoms with Crippen LogP contribution in [0.25, 0.3) is 4.91 Å². The Hall–Kier alpha value is -0.850. The molecule has 1 aliphatic heterocycles. The first-order valence-electron chi connectivity index (χ1n) is 5.24. The summed E-state index contributed by atoms with van der Waals surface area (Å²) in [6.07, 6.45) is 0.106. The van der Waals surface area contributed by atoms with Crippen molar-refractivity contribution >= 4 is 36.2 Å². The maximum Gasteiger partial charge on any atom is 0.179 e.